The van der Waals surface area contributed by atoms with Gasteiger partial charge in [-0.25, -0.2) is 4.79 Å². The summed E-state index contributed by atoms with van der Waals surface area (Å²) in [5, 5.41) is 7.86. The third-order valence-corrected chi connectivity index (χ3v) is 5.42. The number of piperidine rings is 1. The molecular formula is C17H18Cl2N4O2. The molecule has 8 heteroatoms. The van der Waals surface area contributed by atoms with Crippen molar-refractivity contribution in [1.29, 1.82) is 0 Å². The van der Waals surface area contributed by atoms with Gasteiger partial charge in [0.15, 0.2) is 0 Å². The van der Waals surface area contributed by atoms with Gasteiger partial charge in [0.25, 0.3) is 5.96 Å². The Morgan fingerprint density at radius 2 is 2.24 bits per heavy atom. The van der Waals surface area contributed by atoms with Crippen molar-refractivity contribution in [3.8, 4) is 0 Å². The molecular weight excluding hydrogens is 363 g/mol. The van der Waals surface area contributed by atoms with E-state index in [1.807, 2.05) is 4.90 Å². The first-order chi connectivity index (χ1) is 12.0. The fourth-order valence-electron chi connectivity index (χ4n) is 3.72. The third-order valence-electron chi connectivity index (χ3n) is 4.68. The first kappa shape index (κ1) is 17.8. The number of halogens is 2. The van der Waals surface area contributed by atoms with Gasteiger partial charge in [0.2, 0.25) is 0 Å². The highest BCUT2D eigenvalue weighted by Crippen LogP contribution is 2.43. The number of nitrogens with zero attached hydrogens (tertiary/aromatic N) is 3. The Kier molecular flexibility index (Phi) is 5.36. The molecule has 0 radical (unpaired) electrons. The summed E-state index contributed by atoms with van der Waals surface area (Å²) in [5.41, 5.74) is 0.655. The van der Waals surface area contributed by atoms with Crippen LogP contribution in [0.3, 0.4) is 0 Å². The SMILES string of the molecule is [C-]#[N+]N=C(Nc1ccc(Cl)c(Cl)c1)N1C2CCC(C2)C1C(=O)OCC. The number of anilines is 1. The molecule has 1 aliphatic carbocycles. The van der Waals surface area contributed by atoms with E-state index in [1.54, 1.807) is 25.1 Å². The van der Waals surface area contributed by atoms with E-state index in [0.717, 1.165) is 19.3 Å². The Morgan fingerprint density at radius 1 is 1.44 bits per heavy atom. The van der Waals surface area contributed by atoms with Crippen LogP contribution in [-0.4, -0.2) is 35.5 Å². The highest BCUT2D eigenvalue weighted by Gasteiger charge is 2.52. The minimum absolute atomic E-state index is 0.176. The van der Waals surface area contributed by atoms with E-state index in [2.05, 4.69) is 15.4 Å². The van der Waals surface area contributed by atoms with Crippen LogP contribution in [0.4, 0.5) is 5.69 Å². The predicted octanol–water partition coefficient (Wildman–Crippen LogP) is 4.01. The lowest BCUT2D eigenvalue weighted by atomic mass is 9.99. The second-order valence-corrected chi connectivity index (χ2v) is 6.92. The monoisotopic (exact) mass is 380 g/mol. The van der Waals surface area contributed by atoms with Crippen LogP contribution in [0, 0.1) is 12.5 Å². The topological polar surface area (TPSA) is 58.3 Å². The van der Waals surface area contributed by atoms with Crippen molar-refractivity contribution < 1.29 is 9.53 Å². The molecule has 1 aliphatic heterocycles. The average Bonchev–Trinajstić information content (AvgIpc) is 3.19. The van der Waals surface area contributed by atoms with Gasteiger partial charge >= 0.3 is 5.97 Å². The molecule has 2 bridgehead atoms. The highest BCUT2D eigenvalue weighted by atomic mass is 35.5. The summed E-state index contributed by atoms with van der Waals surface area (Å²) in [4.78, 5) is 17.5. The minimum atomic E-state index is -0.408. The number of esters is 1. The van der Waals surface area contributed by atoms with E-state index >= 15 is 0 Å². The van der Waals surface area contributed by atoms with E-state index in [4.69, 9.17) is 34.5 Å². The van der Waals surface area contributed by atoms with Gasteiger partial charge in [-0.05, 0) is 50.3 Å². The van der Waals surface area contributed by atoms with Crippen molar-refractivity contribution in [2.24, 2.45) is 11.0 Å². The van der Waals surface area contributed by atoms with Gasteiger partial charge in [-0.15, -0.1) is 4.95 Å². The van der Waals surface area contributed by atoms with Crippen LogP contribution < -0.4 is 5.32 Å². The zero-order chi connectivity index (χ0) is 18.0. The molecule has 2 aliphatic rings. The number of likely N-dealkylation sites (tertiary alicyclic amines) is 1. The third kappa shape index (κ3) is 3.53. The molecule has 1 N–H and O–H groups in total. The number of rotatable bonds is 3. The second-order valence-electron chi connectivity index (χ2n) is 6.11. The van der Waals surface area contributed by atoms with E-state index in [-0.39, 0.29) is 17.9 Å². The summed E-state index contributed by atoms with van der Waals surface area (Å²) >= 11 is 12.0. The molecule has 2 fully saturated rings. The van der Waals surface area contributed by atoms with Crippen molar-refractivity contribution >= 4 is 40.8 Å². The summed E-state index contributed by atoms with van der Waals surface area (Å²) in [7, 11) is 0. The Balaban J connectivity index is 1.88. The standard InChI is InChI=1S/C17H18Cl2N4O2/c1-3-25-16(24)15-10-4-6-12(8-10)23(15)17(22-20-2)21-11-5-7-13(18)14(19)9-11/h5,7,9-10,12,15H,3-4,6,8H2,1H3,(H,21,22). The van der Waals surface area contributed by atoms with Gasteiger partial charge in [0.1, 0.15) is 11.1 Å². The Morgan fingerprint density at radius 3 is 2.92 bits per heavy atom. The molecule has 3 rings (SSSR count). The zero-order valence-electron chi connectivity index (χ0n) is 13.7. The second kappa shape index (κ2) is 7.51. The van der Waals surface area contributed by atoms with Crippen LogP contribution in [0.1, 0.15) is 26.2 Å². The number of ether oxygens (including phenoxy) is 1. The van der Waals surface area contributed by atoms with Gasteiger partial charge in [0.05, 0.1) is 16.7 Å². The van der Waals surface area contributed by atoms with Crippen LogP contribution in [0.15, 0.2) is 23.3 Å². The largest absolute Gasteiger partial charge is 0.464 e. The average molecular weight is 381 g/mol. The maximum absolute atomic E-state index is 12.4. The molecule has 25 heavy (non-hydrogen) atoms. The minimum Gasteiger partial charge on any atom is -0.464 e. The number of hydrogen-bond donors (Lipinski definition) is 1. The smallest absolute Gasteiger partial charge is 0.329 e. The number of benzene rings is 1. The quantitative estimate of drug-likeness (QED) is 0.283. The van der Waals surface area contributed by atoms with E-state index < -0.39 is 6.04 Å². The summed E-state index contributed by atoms with van der Waals surface area (Å²) in [5.74, 6) is 0.317. The van der Waals surface area contributed by atoms with Crippen LogP contribution in [-0.2, 0) is 9.53 Å². The molecule has 3 atom stereocenters. The number of carbonyl (C=O) groups excluding carboxylic acids is 1. The zero-order valence-corrected chi connectivity index (χ0v) is 15.2. The molecule has 1 aromatic carbocycles. The van der Waals surface area contributed by atoms with Gasteiger partial charge < -0.3 is 15.0 Å². The van der Waals surface area contributed by atoms with Crippen LogP contribution in [0.2, 0.25) is 10.0 Å². The number of nitrogens with one attached hydrogen (secondary N) is 1. The van der Waals surface area contributed by atoms with E-state index in [9.17, 15) is 4.79 Å². The first-order valence-corrected chi connectivity index (χ1v) is 8.92. The Bertz CT molecular complexity index is 747. The molecule has 0 aromatic heterocycles. The molecule has 1 aromatic rings. The molecule has 1 heterocycles. The molecule has 0 amide bonds. The summed E-state index contributed by atoms with van der Waals surface area (Å²) in [6.07, 6.45) is 2.87. The summed E-state index contributed by atoms with van der Waals surface area (Å²) < 4.78 is 5.24. The summed E-state index contributed by atoms with van der Waals surface area (Å²) in [6, 6.07) is 4.85. The van der Waals surface area contributed by atoms with E-state index in [1.165, 1.54) is 0 Å². The molecule has 1 saturated carbocycles. The lowest BCUT2D eigenvalue weighted by molar-refractivity contribution is -0.149. The summed E-state index contributed by atoms with van der Waals surface area (Å²) in [6.45, 7) is 9.25. The molecule has 0 spiro atoms. The normalized spacial score (nSPS) is 25.0. The Hall–Kier alpha value is -1.97. The maximum atomic E-state index is 12.4. The molecule has 3 unspecified atom stereocenters. The van der Waals surface area contributed by atoms with Crippen molar-refractivity contribution in [3.63, 3.8) is 0 Å². The maximum Gasteiger partial charge on any atom is 0.329 e. The predicted molar refractivity (Wildman–Crippen MR) is 97.5 cm³/mol. The van der Waals surface area contributed by atoms with Gasteiger partial charge in [-0.1, -0.05) is 23.2 Å². The number of guanidine groups is 1. The molecule has 6 nitrogen and oxygen atoms in total. The highest BCUT2D eigenvalue weighted by molar-refractivity contribution is 6.42. The van der Waals surface area contributed by atoms with Gasteiger partial charge in [-0.2, -0.15) is 6.57 Å². The van der Waals surface area contributed by atoms with Crippen molar-refractivity contribution in [3.05, 3.63) is 39.8 Å². The van der Waals surface area contributed by atoms with Crippen LogP contribution in [0.25, 0.3) is 4.95 Å². The Labute approximate surface area is 156 Å². The van der Waals surface area contributed by atoms with Crippen molar-refractivity contribution in [1.82, 2.24) is 4.90 Å². The molecule has 132 valence electrons. The fraction of sp³-hybridized carbons (Fsp3) is 0.471. The van der Waals surface area contributed by atoms with Crippen molar-refractivity contribution in [2.75, 3.05) is 11.9 Å². The first-order valence-electron chi connectivity index (χ1n) is 8.16. The number of fused-ring (bicyclic) bond motifs is 2. The van der Waals surface area contributed by atoms with Crippen LogP contribution >= 0.6 is 23.2 Å². The van der Waals surface area contributed by atoms with Crippen LogP contribution in [0.5, 0.6) is 0 Å². The number of hydrogen-bond acceptors (Lipinski definition) is 3. The number of carbonyl (C=O) groups is 1. The fourth-order valence-corrected chi connectivity index (χ4v) is 4.01. The van der Waals surface area contributed by atoms with Gasteiger partial charge in [-0.3, -0.25) is 0 Å². The van der Waals surface area contributed by atoms with E-state index in [0.29, 0.717) is 28.3 Å². The lowest BCUT2D eigenvalue weighted by Gasteiger charge is -2.34. The van der Waals surface area contributed by atoms with Gasteiger partial charge in [0, 0.05) is 11.7 Å². The lowest BCUT2D eigenvalue weighted by Crippen LogP contribution is -2.51. The van der Waals surface area contributed by atoms with Crippen molar-refractivity contribution in [2.45, 2.75) is 38.3 Å². The molecule has 1 saturated heterocycles.